The van der Waals surface area contributed by atoms with Crippen LogP contribution in [0.5, 0.6) is 5.75 Å². The molecule has 1 aliphatic heterocycles. The van der Waals surface area contributed by atoms with E-state index in [1.54, 1.807) is 13.2 Å². The Balaban J connectivity index is 1.58. The molecule has 1 amide bonds. The molecule has 0 saturated carbocycles. The Morgan fingerprint density at radius 3 is 2.65 bits per heavy atom. The number of carbonyl (C=O) groups is 1. The van der Waals surface area contributed by atoms with E-state index < -0.39 is 0 Å². The number of methoxy groups -OCH3 is 1. The highest BCUT2D eigenvalue weighted by Crippen LogP contribution is 2.22. The molecule has 2 aromatic carbocycles. The van der Waals surface area contributed by atoms with Gasteiger partial charge in [-0.05, 0) is 37.3 Å². The highest BCUT2D eigenvalue weighted by atomic mass is 16.5. The molecule has 0 bridgehead atoms. The zero-order valence-electron chi connectivity index (χ0n) is 18.1. The number of carbonyl (C=O) groups excluding carboxylic acids is 1. The minimum atomic E-state index is -0.181. The third kappa shape index (κ3) is 6.16. The van der Waals surface area contributed by atoms with E-state index in [1.165, 1.54) is 0 Å². The average Bonchev–Trinajstić information content (AvgIpc) is 2.82. The number of hydrogen-bond donors (Lipinski definition) is 2. The summed E-state index contributed by atoms with van der Waals surface area (Å²) in [4.78, 5) is 21.4. The predicted molar refractivity (Wildman–Crippen MR) is 126 cm³/mol. The maximum Gasteiger partial charge on any atom is 0.246 e. The van der Waals surface area contributed by atoms with Crippen LogP contribution in [0.2, 0.25) is 0 Å². The Morgan fingerprint density at radius 2 is 1.94 bits per heavy atom. The van der Waals surface area contributed by atoms with Crippen molar-refractivity contribution in [3.63, 3.8) is 0 Å². The normalized spacial score (nSPS) is 14.0. The van der Waals surface area contributed by atoms with Crippen LogP contribution < -0.4 is 20.3 Å². The van der Waals surface area contributed by atoms with Crippen molar-refractivity contribution in [2.24, 2.45) is 4.99 Å². The first kappa shape index (κ1) is 22.0. The van der Waals surface area contributed by atoms with Crippen LogP contribution in [0.1, 0.15) is 12.5 Å². The molecule has 162 valence electrons. The van der Waals surface area contributed by atoms with Crippen molar-refractivity contribution in [3.05, 3.63) is 54.1 Å². The number of nitrogens with one attached hydrogen (secondary N) is 2. The summed E-state index contributed by atoms with van der Waals surface area (Å²) in [6, 6.07) is 15.3. The van der Waals surface area contributed by atoms with E-state index in [4.69, 9.17) is 11.2 Å². The van der Waals surface area contributed by atoms with Crippen molar-refractivity contribution < 1.29 is 9.53 Å². The van der Waals surface area contributed by atoms with Crippen LogP contribution in [0, 0.1) is 12.3 Å². The Kier molecular flexibility index (Phi) is 7.77. The summed E-state index contributed by atoms with van der Waals surface area (Å²) < 4.78 is 5.33. The lowest BCUT2D eigenvalue weighted by atomic mass is 10.2. The van der Waals surface area contributed by atoms with Crippen molar-refractivity contribution in [1.29, 1.82) is 0 Å². The van der Waals surface area contributed by atoms with Gasteiger partial charge in [0.1, 0.15) is 12.3 Å². The Hall–Kier alpha value is -3.66. The van der Waals surface area contributed by atoms with Gasteiger partial charge in [0.2, 0.25) is 5.91 Å². The molecular weight excluding hydrogens is 390 g/mol. The summed E-state index contributed by atoms with van der Waals surface area (Å²) in [6.45, 7) is 6.15. The van der Waals surface area contributed by atoms with Crippen LogP contribution in [-0.2, 0) is 4.79 Å². The summed E-state index contributed by atoms with van der Waals surface area (Å²) in [7, 11) is 1.68. The third-order valence-electron chi connectivity index (χ3n) is 5.02. The van der Waals surface area contributed by atoms with Crippen LogP contribution >= 0.6 is 0 Å². The van der Waals surface area contributed by atoms with Gasteiger partial charge in [-0.3, -0.25) is 4.79 Å². The molecule has 0 aliphatic carbocycles. The molecule has 0 atom stereocenters. The standard InChI is InChI=1S/C24H29N5O2/c1-4-19-8-6-9-20(16-19)27-23(30)18-26-24(25-5-2)29-14-12-28(13-15-29)21-10-7-11-22(17-21)31-3/h1,6-11,16-17H,5,12-15,18H2,2-3H3,(H,25,26)(H,27,30). The maximum absolute atomic E-state index is 12.4. The number of benzene rings is 2. The molecule has 31 heavy (non-hydrogen) atoms. The van der Waals surface area contributed by atoms with Gasteiger partial charge in [-0.15, -0.1) is 6.42 Å². The predicted octanol–water partition coefficient (Wildman–Crippen LogP) is 2.40. The molecule has 0 spiro atoms. The molecule has 7 heteroatoms. The zero-order chi connectivity index (χ0) is 22.1. The lowest BCUT2D eigenvalue weighted by Gasteiger charge is -2.37. The fourth-order valence-corrected chi connectivity index (χ4v) is 3.44. The molecule has 1 heterocycles. The highest BCUT2D eigenvalue weighted by molar-refractivity contribution is 5.94. The number of nitrogens with zero attached hydrogens (tertiary/aromatic N) is 3. The van der Waals surface area contributed by atoms with Crippen LogP contribution in [0.4, 0.5) is 11.4 Å². The largest absolute Gasteiger partial charge is 0.497 e. The fraction of sp³-hybridized carbons (Fsp3) is 0.333. The first-order chi connectivity index (χ1) is 15.1. The van der Waals surface area contributed by atoms with E-state index in [2.05, 4.69) is 43.5 Å². The topological polar surface area (TPSA) is 69.2 Å². The number of hydrogen-bond acceptors (Lipinski definition) is 4. The SMILES string of the molecule is C#Cc1cccc(NC(=O)CN=C(NCC)N2CCN(c3cccc(OC)c3)CC2)c1. The van der Waals surface area contributed by atoms with E-state index in [1.807, 2.05) is 37.3 Å². The van der Waals surface area contributed by atoms with E-state index in [9.17, 15) is 4.79 Å². The van der Waals surface area contributed by atoms with Crippen LogP contribution in [-0.4, -0.2) is 63.1 Å². The van der Waals surface area contributed by atoms with Gasteiger partial charge in [-0.25, -0.2) is 4.99 Å². The summed E-state index contributed by atoms with van der Waals surface area (Å²) in [5.41, 5.74) is 2.55. The number of guanidine groups is 1. The Bertz CT molecular complexity index is 958. The van der Waals surface area contributed by atoms with Crippen LogP contribution in [0.3, 0.4) is 0 Å². The molecule has 7 nitrogen and oxygen atoms in total. The summed E-state index contributed by atoms with van der Waals surface area (Å²) >= 11 is 0. The second-order valence-corrected chi connectivity index (χ2v) is 7.12. The lowest BCUT2D eigenvalue weighted by molar-refractivity contribution is -0.114. The molecule has 2 N–H and O–H groups in total. The minimum absolute atomic E-state index is 0.0404. The van der Waals surface area contributed by atoms with Crippen molar-refractivity contribution in [2.45, 2.75) is 6.92 Å². The second-order valence-electron chi connectivity index (χ2n) is 7.12. The van der Waals surface area contributed by atoms with Gasteiger partial charge in [0.25, 0.3) is 0 Å². The number of amides is 1. The lowest BCUT2D eigenvalue weighted by Crippen LogP contribution is -2.52. The van der Waals surface area contributed by atoms with Gasteiger partial charge in [0.15, 0.2) is 5.96 Å². The van der Waals surface area contributed by atoms with Crippen molar-refractivity contribution >= 4 is 23.2 Å². The molecule has 0 radical (unpaired) electrons. The molecule has 1 saturated heterocycles. The first-order valence-corrected chi connectivity index (χ1v) is 10.4. The van der Waals surface area contributed by atoms with Gasteiger partial charge < -0.3 is 25.2 Å². The van der Waals surface area contributed by atoms with Crippen molar-refractivity contribution in [3.8, 4) is 18.1 Å². The number of terminal acetylenes is 1. The van der Waals surface area contributed by atoms with Gasteiger partial charge in [0, 0.05) is 55.7 Å². The fourth-order valence-electron chi connectivity index (χ4n) is 3.44. The van der Waals surface area contributed by atoms with Crippen molar-refractivity contribution in [1.82, 2.24) is 10.2 Å². The zero-order valence-corrected chi connectivity index (χ0v) is 18.1. The molecule has 0 unspecified atom stereocenters. The maximum atomic E-state index is 12.4. The van der Waals surface area contributed by atoms with Gasteiger partial charge in [0.05, 0.1) is 7.11 Å². The molecule has 0 aromatic heterocycles. The quantitative estimate of drug-likeness (QED) is 0.428. The Labute approximate surface area is 184 Å². The molecule has 1 aliphatic rings. The van der Waals surface area contributed by atoms with E-state index in [0.717, 1.165) is 55.7 Å². The number of piperazine rings is 1. The minimum Gasteiger partial charge on any atom is -0.497 e. The van der Waals surface area contributed by atoms with Crippen molar-refractivity contribution in [2.75, 3.05) is 56.6 Å². The summed E-state index contributed by atoms with van der Waals surface area (Å²) in [5.74, 6) is 3.99. The van der Waals surface area contributed by atoms with E-state index in [-0.39, 0.29) is 12.5 Å². The smallest absolute Gasteiger partial charge is 0.246 e. The average molecular weight is 420 g/mol. The molecular formula is C24H29N5O2. The monoisotopic (exact) mass is 419 g/mol. The second kappa shape index (κ2) is 10.9. The van der Waals surface area contributed by atoms with E-state index in [0.29, 0.717) is 5.69 Å². The first-order valence-electron chi connectivity index (χ1n) is 10.4. The number of rotatable bonds is 6. The Morgan fingerprint density at radius 1 is 1.16 bits per heavy atom. The number of ether oxygens (including phenoxy) is 1. The third-order valence-corrected chi connectivity index (χ3v) is 5.02. The summed E-state index contributed by atoms with van der Waals surface area (Å²) in [5, 5.41) is 6.14. The highest BCUT2D eigenvalue weighted by Gasteiger charge is 2.20. The number of anilines is 2. The van der Waals surface area contributed by atoms with Gasteiger partial charge >= 0.3 is 0 Å². The summed E-state index contributed by atoms with van der Waals surface area (Å²) in [6.07, 6.45) is 5.42. The molecule has 3 rings (SSSR count). The molecule has 2 aromatic rings. The molecule has 1 fully saturated rings. The van der Waals surface area contributed by atoms with Crippen LogP contribution in [0.25, 0.3) is 0 Å². The number of aliphatic imine (C=N–C) groups is 1. The van der Waals surface area contributed by atoms with Gasteiger partial charge in [-0.1, -0.05) is 18.1 Å². The van der Waals surface area contributed by atoms with E-state index >= 15 is 0 Å². The van der Waals surface area contributed by atoms with Gasteiger partial charge in [-0.2, -0.15) is 0 Å². The van der Waals surface area contributed by atoms with Crippen LogP contribution in [0.15, 0.2) is 53.5 Å².